The molecule has 0 saturated heterocycles. The summed E-state index contributed by atoms with van der Waals surface area (Å²) < 4.78 is 19.4. The summed E-state index contributed by atoms with van der Waals surface area (Å²) in [6.07, 6.45) is 1.20. The molecule has 0 bridgehead atoms. The van der Waals surface area contributed by atoms with Crippen LogP contribution in [0.2, 0.25) is 0 Å². The highest BCUT2D eigenvalue weighted by atomic mass is 32.2. The highest BCUT2D eigenvalue weighted by Crippen LogP contribution is 2.32. The Labute approximate surface area is 116 Å². The Balaban J connectivity index is 2.31. The van der Waals surface area contributed by atoms with Crippen molar-refractivity contribution >= 4 is 11.8 Å². The fourth-order valence-corrected chi connectivity index (χ4v) is 2.13. The van der Waals surface area contributed by atoms with E-state index in [2.05, 4.69) is 0 Å². The zero-order valence-corrected chi connectivity index (χ0v) is 11.6. The molecule has 100 valence electrons. The van der Waals surface area contributed by atoms with Crippen LogP contribution in [0.15, 0.2) is 47.4 Å². The van der Waals surface area contributed by atoms with Crippen LogP contribution in [0.4, 0.5) is 4.39 Å². The highest BCUT2D eigenvalue weighted by molar-refractivity contribution is 7.98. The molecule has 1 N–H and O–H groups in total. The molecule has 0 saturated carbocycles. The molecule has 0 aliphatic carbocycles. The van der Waals surface area contributed by atoms with Crippen molar-refractivity contribution in [2.24, 2.45) is 0 Å². The van der Waals surface area contributed by atoms with Crippen LogP contribution in [0.5, 0.6) is 11.5 Å². The van der Waals surface area contributed by atoms with Gasteiger partial charge in [0.2, 0.25) is 0 Å². The van der Waals surface area contributed by atoms with E-state index in [1.54, 1.807) is 43.0 Å². The molecule has 2 rings (SSSR count). The minimum atomic E-state index is -0.781. The molecule has 2 nitrogen and oxygen atoms in total. The van der Waals surface area contributed by atoms with Crippen molar-refractivity contribution < 1.29 is 14.2 Å². The molecule has 0 spiro atoms. The first kappa shape index (κ1) is 13.9. The Morgan fingerprint density at radius 3 is 2.42 bits per heavy atom. The quantitative estimate of drug-likeness (QED) is 0.841. The van der Waals surface area contributed by atoms with Crippen molar-refractivity contribution in [3.8, 4) is 11.5 Å². The minimum Gasteiger partial charge on any atom is -0.454 e. The molecule has 0 aliphatic heterocycles. The molecular weight excluding hydrogens is 263 g/mol. The Morgan fingerprint density at radius 2 is 1.84 bits per heavy atom. The van der Waals surface area contributed by atoms with Crippen molar-refractivity contribution in [3.05, 3.63) is 53.8 Å². The van der Waals surface area contributed by atoms with E-state index in [9.17, 15) is 9.50 Å². The molecule has 19 heavy (non-hydrogen) atoms. The van der Waals surface area contributed by atoms with Crippen molar-refractivity contribution in [2.45, 2.75) is 17.9 Å². The number of benzene rings is 2. The lowest BCUT2D eigenvalue weighted by atomic mass is 10.1. The summed E-state index contributed by atoms with van der Waals surface area (Å²) in [6.45, 7) is 1.58. The maximum Gasteiger partial charge on any atom is 0.168 e. The molecule has 0 radical (unpaired) electrons. The second-order valence-corrected chi connectivity index (χ2v) is 4.99. The van der Waals surface area contributed by atoms with Gasteiger partial charge in [-0.1, -0.05) is 12.1 Å². The zero-order valence-electron chi connectivity index (χ0n) is 10.8. The van der Waals surface area contributed by atoms with Gasteiger partial charge in [-0.3, -0.25) is 0 Å². The summed E-state index contributed by atoms with van der Waals surface area (Å²) >= 11 is 1.63. The number of halogens is 1. The molecule has 0 aliphatic rings. The van der Waals surface area contributed by atoms with Crippen LogP contribution in [0.25, 0.3) is 0 Å². The standard InChI is InChI=1S/C15H15FO2S/c1-10(17)13-4-3-5-14(16)15(13)18-11-6-8-12(19-2)9-7-11/h3-10,17H,1-2H3. The molecule has 1 atom stereocenters. The van der Waals surface area contributed by atoms with Gasteiger partial charge in [0.25, 0.3) is 0 Å². The van der Waals surface area contributed by atoms with Gasteiger partial charge in [-0.2, -0.15) is 0 Å². The van der Waals surface area contributed by atoms with Crippen LogP contribution >= 0.6 is 11.8 Å². The van der Waals surface area contributed by atoms with Gasteiger partial charge in [0.1, 0.15) is 5.75 Å². The Morgan fingerprint density at radius 1 is 1.16 bits per heavy atom. The minimum absolute atomic E-state index is 0.0781. The zero-order chi connectivity index (χ0) is 13.8. The van der Waals surface area contributed by atoms with E-state index < -0.39 is 11.9 Å². The van der Waals surface area contributed by atoms with E-state index in [4.69, 9.17) is 4.74 Å². The van der Waals surface area contributed by atoms with Crippen LogP contribution in [0.3, 0.4) is 0 Å². The van der Waals surface area contributed by atoms with Crippen LogP contribution in [-0.4, -0.2) is 11.4 Å². The van der Waals surface area contributed by atoms with E-state index in [-0.39, 0.29) is 5.75 Å². The summed E-state index contributed by atoms with van der Waals surface area (Å²) in [5, 5.41) is 9.64. The van der Waals surface area contributed by atoms with Crippen LogP contribution < -0.4 is 4.74 Å². The van der Waals surface area contributed by atoms with E-state index in [1.165, 1.54) is 6.07 Å². The van der Waals surface area contributed by atoms with Gasteiger partial charge in [-0.15, -0.1) is 11.8 Å². The fraction of sp³-hybridized carbons (Fsp3) is 0.200. The number of para-hydroxylation sites is 1. The third-order valence-corrected chi connectivity index (χ3v) is 3.47. The predicted molar refractivity (Wildman–Crippen MR) is 75.3 cm³/mol. The van der Waals surface area contributed by atoms with Gasteiger partial charge >= 0.3 is 0 Å². The maximum atomic E-state index is 13.8. The summed E-state index contributed by atoms with van der Waals surface area (Å²) in [5.41, 5.74) is 0.439. The van der Waals surface area contributed by atoms with Crippen molar-refractivity contribution in [1.82, 2.24) is 0 Å². The Kier molecular flexibility index (Phi) is 4.45. The number of aliphatic hydroxyl groups excluding tert-OH is 1. The largest absolute Gasteiger partial charge is 0.454 e. The van der Waals surface area contributed by atoms with Crippen LogP contribution in [0, 0.1) is 5.82 Å². The number of ether oxygens (including phenoxy) is 1. The predicted octanol–water partition coefficient (Wildman–Crippen LogP) is 4.39. The van der Waals surface area contributed by atoms with Crippen molar-refractivity contribution in [1.29, 1.82) is 0 Å². The van der Waals surface area contributed by atoms with Gasteiger partial charge in [-0.05, 0) is 43.5 Å². The van der Waals surface area contributed by atoms with Crippen molar-refractivity contribution in [3.63, 3.8) is 0 Å². The summed E-state index contributed by atoms with van der Waals surface area (Å²) in [7, 11) is 0. The molecule has 2 aromatic carbocycles. The number of hydrogen-bond acceptors (Lipinski definition) is 3. The number of hydrogen-bond donors (Lipinski definition) is 1. The number of rotatable bonds is 4. The third-order valence-electron chi connectivity index (χ3n) is 2.73. The van der Waals surface area contributed by atoms with E-state index in [1.807, 2.05) is 18.4 Å². The van der Waals surface area contributed by atoms with Gasteiger partial charge in [0, 0.05) is 10.5 Å². The lowest BCUT2D eigenvalue weighted by Crippen LogP contribution is -1.98. The average molecular weight is 278 g/mol. The lowest BCUT2D eigenvalue weighted by Gasteiger charge is -2.14. The molecule has 0 aromatic heterocycles. The normalized spacial score (nSPS) is 12.2. The topological polar surface area (TPSA) is 29.5 Å². The number of aliphatic hydroxyl groups is 1. The molecular formula is C15H15FO2S. The molecule has 2 aromatic rings. The van der Waals surface area contributed by atoms with E-state index in [0.29, 0.717) is 11.3 Å². The molecule has 0 heterocycles. The lowest BCUT2D eigenvalue weighted by molar-refractivity contribution is 0.194. The monoisotopic (exact) mass is 278 g/mol. The van der Waals surface area contributed by atoms with Gasteiger partial charge in [0.15, 0.2) is 11.6 Å². The molecule has 4 heteroatoms. The molecule has 1 unspecified atom stereocenters. The Bertz CT molecular complexity index is 553. The summed E-state index contributed by atoms with van der Waals surface area (Å²) in [5.74, 6) is 0.145. The van der Waals surface area contributed by atoms with Crippen LogP contribution in [0.1, 0.15) is 18.6 Å². The summed E-state index contributed by atoms with van der Waals surface area (Å²) in [4.78, 5) is 1.11. The average Bonchev–Trinajstić information content (AvgIpc) is 2.41. The smallest absolute Gasteiger partial charge is 0.168 e. The number of thioether (sulfide) groups is 1. The Hall–Kier alpha value is -1.52. The molecule has 0 amide bonds. The van der Waals surface area contributed by atoms with Gasteiger partial charge < -0.3 is 9.84 Å². The van der Waals surface area contributed by atoms with E-state index >= 15 is 0 Å². The highest BCUT2D eigenvalue weighted by Gasteiger charge is 2.14. The summed E-state index contributed by atoms with van der Waals surface area (Å²) in [6, 6.07) is 11.9. The SMILES string of the molecule is CSc1ccc(Oc2c(F)cccc2C(C)O)cc1. The van der Waals surface area contributed by atoms with Gasteiger partial charge in [-0.25, -0.2) is 4.39 Å². The fourth-order valence-electron chi connectivity index (χ4n) is 1.72. The second kappa shape index (κ2) is 6.08. The van der Waals surface area contributed by atoms with Crippen LogP contribution in [-0.2, 0) is 0 Å². The molecule has 0 fully saturated rings. The first-order valence-electron chi connectivity index (χ1n) is 5.90. The van der Waals surface area contributed by atoms with Gasteiger partial charge in [0.05, 0.1) is 6.10 Å². The first-order chi connectivity index (χ1) is 9.11. The first-order valence-corrected chi connectivity index (χ1v) is 7.12. The third kappa shape index (κ3) is 3.28. The van der Waals surface area contributed by atoms with Crippen molar-refractivity contribution in [2.75, 3.05) is 6.26 Å². The maximum absolute atomic E-state index is 13.8. The van der Waals surface area contributed by atoms with E-state index in [0.717, 1.165) is 4.90 Å². The second-order valence-electron chi connectivity index (χ2n) is 4.11.